The van der Waals surface area contributed by atoms with Crippen LogP contribution in [0.1, 0.15) is 31.0 Å². The standard InChI is InChI=1S/C12H19N3S2/c1-8(2)4-10-7-17-12(15-10)13-5-11-14-9(3)6-16-11/h6,8,10H,4-5,7H2,1-3H3,(H,13,15). The Bertz CT molecular complexity index is 398. The van der Waals surface area contributed by atoms with Crippen molar-refractivity contribution in [1.29, 1.82) is 0 Å². The minimum atomic E-state index is 0.594. The third kappa shape index (κ3) is 4.00. The Hall–Kier alpha value is -0.550. The first kappa shape index (κ1) is 12.9. The van der Waals surface area contributed by atoms with Crippen molar-refractivity contribution in [1.82, 2.24) is 10.3 Å². The molecule has 17 heavy (non-hydrogen) atoms. The van der Waals surface area contributed by atoms with Crippen LogP contribution in [0, 0.1) is 12.8 Å². The van der Waals surface area contributed by atoms with Gasteiger partial charge in [-0.3, -0.25) is 4.99 Å². The van der Waals surface area contributed by atoms with Crippen LogP contribution in [-0.2, 0) is 6.54 Å². The quantitative estimate of drug-likeness (QED) is 0.913. The van der Waals surface area contributed by atoms with E-state index in [0.717, 1.165) is 27.5 Å². The van der Waals surface area contributed by atoms with Crippen LogP contribution in [0.4, 0.5) is 0 Å². The zero-order valence-electron chi connectivity index (χ0n) is 10.6. The van der Waals surface area contributed by atoms with Gasteiger partial charge < -0.3 is 5.32 Å². The first-order valence-electron chi connectivity index (χ1n) is 5.98. The van der Waals surface area contributed by atoms with Gasteiger partial charge in [0.2, 0.25) is 0 Å². The third-order valence-electron chi connectivity index (χ3n) is 2.53. The monoisotopic (exact) mass is 269 g/mol. The van der Waals surface area contributed by atoms with Crippen LogP contribution in [0.25, 0.3) is 0 Å². The van der Waals surface area contributed by atoms with E-state index < -0.39 is 0 Å². The van der Waals surface area contributed by atoms with E-state index >= 15 is 0 Å². The van der Waals surface area contributed by atoms with E-state index in [1.807, 2.05) is 18.7 Å². The Morgan fingerprint density at radius 2 is 2.41 bits per heavy atom. The summed E-state index contributed by atoms with van der Waals surface area (Å²) in [6.45, 7) is 7.26. The van der Waals surface area contributed by atoms with Gasteiger partial charge in [0.1, 0.15) is 5.01 Å². The largest absolute Gasteiger partial charge is 0.361 e. The molecule has 1 saturated heterocycles. The molecule has 0 spiro atoms. The summed E-state index contributed by atoms with van der Waals surface area (Å²) in [5, 5.41) is 7.75. The van der Waals surface area contributed by atoms with Crippen molar-refractivity contribution in [3.8, 4) is 0 Å². The first-order valence-corrected chi connectivity index (χ1v) is 7.85. The van der Waals surface area contributed by atoms with E-state index in [1.54, 1.807) is 11.3 Å². The van der Waals surface area contributed by atoms with E-state index in [2.05, 4.69) is 34.5 Å². The summed E-state index contributed by atoms with van der Waals surface area (Å²) in [6, 6.07) is 0.594. The lowest BCUT2D eigenvalue weighted by Crippen LogP contribution is -2.28. The van der Waals surface area contributed by atoms with E-state index in [-0.39, 0.29) is 0 Å². The topological polar surface area (TPSA) is 37.3 Å². The molecule has 0 amide bonds. The molecule has 1 aromatic rings. The highest BCUT2D eigenvalue weighted by molar-refractivity contribution is 8.14. The average molecular weight is 269 g/mol. The Balaban J connectivity index is 1.83. The number of aromatic nitrogens is 1. The fraction of sp³-hybridized carbons (Fsp3) is 0.667. The van der Waals surface area contributed by atoms with Crippen molar-refractivity contribution in [2.24, 2.45) is 10.9 Å². The van der Waals surface area contributed by atoms with Gasteiger partial charge in [-0.25, -0.2) is 4.98 Å². The van der Waals surface area contributed by atoms with Crippen LogP contribution < -0.4 is 5.32 Å². The fourth-order valence-electron chi connectivity index (χ4n) is 1.84. The van der Waals surface area contributed by atoms with Crippen molar-refractivity contribution in [3.63, 3.8) is 0 Å². The molecule has 0 bridgehead atoms. The van der Waals surface area contributed by atoms with Crippen LogP contribution in [-0.4, -0.2) is 21.9 Å². The smallest absolute Gasteiger partial charge is 0.157 e. The van der Waals surface area contributed by atoms with E-state index in [9.17, 15) is 0 Å². The molecule has 0 aliphatic carbocycles. The Morgan fingerprint density at radius 3 is 3.06 bits per heavy atom. The van der Waals surface area contributed by atoms with Gasteiger partial charge in [0.25, 0.3) is 0 Å². The predicted octanol–water partition coefficient (Wildman–Crippen LogP) is 3.06. The summed E-state index contributed by atoms with van der Waals surface area (Å²) >= 11 is 3.52. The lowest BCUT2D eigenvalue weighted by Gasteiger charge is -2.11. The number of thiazole rings is 1. The molecule has 1 aromatic heterocycles. The number of aryl methyl sites for hydroxylation is 1. The average Bonchev–Trinajstić information content (AvgIpc) is 2.84. The highest BCUT2D eigenvalue weighted by Crippen LogP contribution is 2.20. The number of hydrogen-bond acceptors (Lipinski definition) is 4. The summed E-state index contributed by atoms with van der Waals surface area (Å²) in [6.07, 6.45) is 1.22. The molecular weight excluding hydrogens is 250 g/mol. The van der Waals surface area contributed by atoms with E-state index in [4.69, 9.17) is 0 Å². The molecule has 0 saturated carbocycles. The van der Waals surface area contributed by atoms with Crippen molar-refractivity contribution >= 4 is 28.3 Å². The van der Waals surface area contributed by atoms with Gasteiger partial charge in [0, 0.05) is 22.9 Å². The first-order chi connectivity index (χ1) is 8.13. The second-order valence-electron chi connectivity index (χ2n) is 4.79. The van der Waals surface area contributed by atoms with Gasteiger partial charge in [-0.2, -0.15) is 0 Å². The molecular formula is C12H19N3S2. The second kappa shape index (κ2) is 5.87. The maximum Gasteiger partial charge on any atom is 0.157 e. The summed E-state index contributed by atoms with van der Waals surface area (Å²) in [4.78, 5) is 8.99. The molecule has 0 aromatic carbocycles. The highest BCUT2D eigenvalue weighted by atomic mass is 32.2. The number of amidine groups is 1. The molecule has 1 N–H and O–H groups in total. The molecule has 1 fully saturated rings. The van der Waals surface area contributed by atoms with Crippen LogP contribution in [0.15, 0.2) is 10.4 Å². The summed E-state index contributed by atoms with van der Waals surface area (Å²) in [7, 11) is 0. The minimum Gasteiger partial charge on any atom is -0.361 e. The molecule has 1 atom stereocenters. The van der Waals surface area contributed by atoms with Crippen molar-refractivity contribution in [3.05, 3.63) is 16.1 Å². The molecule has 2 heterocycles. The number of nitrogens with zero attached hydrogens (tertiary/aromatic N) is 2. The summed E-state index contributed by atoms with van der Waals surface area (Å²) < 4.78 is 0. The molecule has 3 nitrogen and oxygen atoms in total. The number of hydrogen-bond donors (Lipinski definition) is 1. The number of rotatable bonds is 4. The molecule has 0 radical (unpaired) electrons. The fourth-order valence-corrected chi connectivity index (χ4v) is 3.52. The van der Waals surface area contributed by atoms with Gasteiger partial charge in [-0.05, 0) is 19.3 Å². The molecule has 5 heteroatoms. The van der Waals surface area contributed by atoms with Crippen LogP contribution in [0.2, 0.25) is 0 Å². The van der Waals surface area contributed by atoms with E-state index in [0.29, 0.717) is 12.6 Å². The van der Waals surface area contributed by atoms with Gasteiger partial charge >= 0.3 is 0 Å². The van der Waals surface area contributed by atoms with Crippen molar-refractivity contribution < 1.29 is 0 Å². The normalized spacial score (nSPS) is 22.4. The lowest BCUT2D eigenvalue weighted by atomic mass is 10.1. The van der Waals surface area contributed by atoms with Gasteiger partial charge in [-0.1, -0.05) is 25.6 Å². The van der Waals surface area contributed by atoms with Crippen molar-refractivity contribution in [2.45, 2.75) is 39.8 Å². The highest BCUT2D eigenvalue weighted by Gasteiger charge is 2.20. The summed E-state index contributed by atoms with van der Waals surface area (Å²) in [5.74, 6) is 1.89. The number of aliphatic imine (C=N–C) groups is 1. The Labute approximate surface area is 111 Å². The second-order valence-corrected chi connectivity index (χ2v) is 6.74. The van der Waals surface area contributed by atoms with Gasteiger partial charge in [-0.15, -0.1) is 11.3 Å². The SMILES string of the molecule is Cc1csc(CN=C2NC(CC(C)C)CS2)n1. The van der Waals surface area contributed by atoms with Crippen molar-refractivity contribution in [2.75, 3.05) is 5.75 Å². The minimum absolute atomic E-state index is 0.594. The third-order valence-corrected chi connectivity index (χ3v) is 4.57. The summed E-state index contributed by atoms with van der Waals surface area (Å²) in [5.41, 5.74) is 1.09. The van der Waals surface area contributed by atoms with Crippen LogP contribution in [0.5, 0.6) is 0 Å². The zero-order chi connectivity index (χ0) is 12.3. The molecule has 1 unspecified atom stereocenters. The lowest BCUT2D eigenvalue weighted by molar-refractivity contribution is 0.502. The van der Waals surface area contributed by atoms with Gasteiger partial charge in [0.15, 0.2) is 5.17 Å². The zero-order valence-corrected chi connectivity index (χ0v) is 12.2. The van der Waals surface area contributed by atoms with Crippen LogP contribution >= 0.6 is 23.1 Å². The predicted molar refractivity (Wildman–Crippen MR) is 76.8 cm³/mol. The van der Waals surface area contributed by atoms with E-state index in [1.165, 1.54) is 6.42 Å². The number of thioether (sulfide) groups is 1. The molecule has 1 aliphatic rings. The molecule has 94 valence electrons. The molecule has 1 aliphatic heterocycles. The Kier molecular flexibility index (Phi) is 4.45. The Morgan fingerprint density at radius 1 is 1.59 bits per heavy atom. The molecule has 2 rings (SSSR count). The maximum atomic E-state index is 4.58. The maximum absolute atomic E-state index is 4.58. The number of nitrogens with one attached hydrogen (secondary N) is 1. The van der Waals surface area contributed by atoms with Gasteiger partial charge in [0.05, 0.1) is 6.54 Å². The van der Waals surface area contributed by atoms with Crippen LogP contribution in [0.3, 0.4) is 0 Å².